The molecule has 0 bridgehead atoms. The van der Waals surface area contributed by atoms with Gasteiger partial charge < -0.3 is 14.7 Å². The van der Waals surface area contributed by atoms with Crippen molar-refractivity contribution in [2.45, 2.75) is 13.0 Å². The third-order valence-corrected chi connectivity index (χ3v) is 4.20. The van der Waals surface area contributed by atoms with Crippen LogP contribution in [-0.2, 0) is 4.74 Å². The van der Waals surface area contributed by atoms with E-state index in [2.05, 4.69) is 36.1 Å². The van der Waals surface area contributed by atoms with Crippen molar-refractivity contribution in [3.8, 4) is 0 Å². The first-order chi connectivity index (χ1) is 9.06. The minimum atomic E-state index is -0.528. The van der Waals surface area contributed by atoms with Gasteiger partial charge in [0, 0.05) is 16.1 Å². The summed E-state index contributed by atoms with van der Waals surface area (Å²) < 4.78 is 6.71. The number of halogens is 1. The molecule has 112 valence electrons. The SMILES string of the molecule is Cc1ccc2sc(C(O)COCCN(C)C)cc2c1.Cl. The molecular formula is C15H22ClNO2S. The van der Waals surface area contributed by atoms with Crippen LogP contribution in [0, 0.1) is 6.92 Å². The zero-order valence-electron chi connectivity index (χ0n) is 12.1. The average Bonchev–Trinajstić information content (AvgIpc) is 2.77. The topological polar surface area (TPSA) is 32.7 Å². The maximum atomic E-state index is 10.1. The highest BCUT2D eigenvalue weighted by Gasteiger charge is 2.11. The number of nitrogens with zero attached hydrogens (tertiary/aromatic N) is 1. The third-order valence-electron chi connectivity index (χ3n) is 2.98. The number of rotatable bonds is 6. The predicted octanol–water partition coefficient (Wildman–Crippen LogP) is 3.24. The first kappa shape index (κ1) is 17.4. The molecule has 20 heavy (non-hydrogen) atoms. The van der Waals surface area contributed by atoms with Gasteiger partial charge in [0.2, 0.25) is 0 Å². The van der Waals surface area contributed by atoms with Crippen molar-refractivity contribution in [3.05, 3.63) is 34.7 Å². The number of aliphatic hydroxyl groups is 1. The number of aryl methyl sites for hydroxylation is 1. The van der Waals surface area contributed by atoms with Crippen molar-refractivity contribution >= 4 is 33.8 Å². The van der Waals surface area contributed by atoms with Crippen molar-refractivity contribution < 1.29 is 9.84 Å². The number of benzene rings is 1. The van der Waals surface area contributed by atoms with Crippen LogP contribution in [0.15, 0.2) is 24.3 Å². The number of ether oxygens (including phenoxy) is 1. The molecule has 1 heterocycles. The maximum Gasteiger partial charge on any atom is 0.111 e. The van der Waals surface area contributed by atoms with E-state index in [1.54, 1.807) is 11.3 Å². The Morgan fingerprint density at radius 1 is 1.30 bits per heavy atom. The summed E-state index contributed by atoms with van der Waals surface area (Å²) >= 11 is 1.64. The van der Waals surface area contributed by atoms with Gasteiger partial charge in [0.05, 0.1) is 13.2 Å². The molecule has 0 spiro atoms. The molecule has 2 rings (SSSR count). The Morgan fingerprint density at radius 2 is 2.05 bits per heavy atom. The lowest BCUT2D eigenvalue weighted by molar-refractivity contribution is 0.0323. The van der Waals surface area contributed by atoms with Crippen molar-refractivity contribution in [2.24, 2.45) is 0 Å². The highest BCUT2D eigenvalue weighted by molar-refractivity contribution is 7.19. The van der Waals surface area contributed by atoms with Crippen molar-refractivity contribution in [3.63, 3.8) is 0 Å². The number of likely N-dealkylation sites (N-methyl/N-ethyl adjacent to an activating group) is 1. The van der Waals surface area contributed by atoms with Crippen LogP contribution in [-0.4, -0.2) is 43.9 Å². The van der Waals surface area contributed by atoms with Gasteiger partial charge in [0.15, 0.2) is 0 Å². The molecule has 0 aliphatic rings. The van der Waals surface area contributed by atoms with Gasteiger partial charge in [-0.25, -0.2) is 0 Å². The van der Waals surface area contributed by atoms with E-state index < -0.39 is 6.10 Å². The Bertz CT molecular complexity index is 542. The second-order valence-electron chi connectivity index (χ2n) is 5.08. The summed E-state index contributed by atoms with van der Waals surface area (Å²) in [7, 11) is 4.02. The number of hydrogen-bond donors (Lipinski definition) is 1. The normalized spacial score (nSPS) is 12.7. The van der Waals surface area contributed by atoms with Crippen LogP contribution in [0.25, 0.3) is 10.1 Å². The minimum absolute atomic E-state index is 0. The van der Waals surface area contributed by atoms with Gasteiger partial charge in [-0.2, -0.15) is 0 Å². The second-order valence-corrected chi connectivity index (χ2v) is 6.20. The minimum Gasteiger partial charge on any atom is -0.385 e. The van der Waals surface area contributed by atoms with E-state index in [0.717, 1.165) is 11.4 Å². The highest BCUT2D eigenvalue weighted by Crippen LogP contribution is 2.30. The summed E-state index contributed by atoms with van der Waals surface area (Å²) in [4.78, 5) is 3.04. The fourth-order valence-electron chi connectivity index (χ4n) is 1.87. The van der Waals surface area contributed by atoms with E-state index in [-0.39, 0.29) is 12.4 Å². The first-order valence-corrected chi connectivity index (χ1v) is 7.28. The second kappa shape index (κ2) is 7.96. The molecule has 1 unspecified atom stereocenters. The monoisotopic (exact) mass is 315 g/mol. The van der Waals surface area contributed by atoms with Crippen LogP contribution < -0.4 is 0 Å². The molecule has 0 saturated heterocycles. The summed E-state index contributed by atoms with van der Waals surface area (Å²) in [5, 5.41) is 11.3. The predicted molar refractivity (Wildman–Crippen MR) is 88.1 cm³/mol. The lowest BCUT2D eigenvalue weighted by atomic mass is 10.2. The molecule has 5 heteroatoms. The number of hydrogen-bond acceptors (Lipinski definition) is 4. The summed E-state index contributed by atoms with van der Waals surface area (Å²) in [6, 6.07) is 8.42. The summed E-state index contributed by atoms with van der Waals surface area (Å²) in [5.74, 6) is 0. The quantitative estimate of drug-likeness (QED) is 0.831. The molecule has 0 aliphatic carbocycles. The number of fused-ring (bicyclic) bond motifs is 1. The van der Waals surface area contributed by atoms with E-state index in [1.165, 1.54) is 15.6 Å². The standard InChI is InChI=1S/C15H21NO2S.ClH/c1-11-4-5-14-12(8-11)9-15(19-14)13(17)10-18-7-6-16(2)3;/h4-5,8-9,13,17H,6-7,10H2,1-3H3;1H. The van der Waals surface area contributed by atoms with Gasteiger partial charge in [-0.1, -0.05) is 17.7 Å². The van der Waals surface area contributed by atoms with Gasteiger partial charge in [0.1, 0.15) is 6.10 Å². The van der Waals surface area contributed by atoms with Gasteiger partial charge in [-0.3, -0.25) is 0 Å². The lowest BCUT2D eigenvalue weighted by Crippen LogP contribution is -2.19. The first-order valence-electron chi connectivity index (χ1n) is 6.47. The van der Waals surface area contributed by atoms with Crippen LogP contribution in [0.1, 0.15) is 16.5 Å². The van der Waals surface area contributed by atoms with Crippen molar-refractivity contribution in [1.82, 2.24) is 4.90 Å². The molecule has 1 aromatic carbocycles. The number of aliphatic hydroxyl groups excluding tert-OH is 1. The molecular weight excluding hydrogens is 294 g/mol. The zero-order chi connectivity index (χ0) is 13.8. The van der Waals surface area contributed by atoms with Gasteiger partial charge >= 0.3 is 0 Å². The van der Waals surface area contributed by atoms with Crippen molar-refractivity contribution in [2.75, 3.05) is 33.9 Å². The number of thiophene rings is 1. The smallest absolute Gasteiger partial charge is 0.111 e. The van der Waals surface area contributed by atoms with E-state index in [9.17, 15) is 5.11 Å². The molecule has 0 saturated carbocycles. The summed E-state index contributed by atoms with van der Waals surface area (Å²) in [6.07, 6.45) is -0.528. The largest absolute Gasteiger partial charge is 0.385 e. The van der Waals surface area contributed by atoms with E-state index >= 15 is 0 Å². The Labute approximate surface area is 130 Å². The van der Waals surface area contributed by atoms with Gasteiger partial charge in [-0.15, -0.1) is 23.7 Å². The van der Waals surface area contributed by atoms with E-state index in [4.69, 9.17) is 4.74 Å². The maximum absolute atomic E-state index is 10.1. The van der Waals surface area contributed by atoms with Crippen LogP contribution in [0.5, 0.6) is 0 Å². The van der Waals surface area contributed by atoms with Crippen LogP contribution in [0.3, 0.4) is 0 Å². The molecule has 1 aromatic heterocycles. The average molecular weight is 316 g/mol. The molecule has 0 fully saturated rings. The van der Waals surface area contributed by atoms with E-state index in [1.807, 2.05) is 14.1 Å². The highest BCUT2D eigenvalue weighted by atomic mass is 35.5. The molecule has 1 N–H and O–H groups in total. The Hall–Kier alpha value is -0.650. The Morgan fingerprint density at radius 3 is 2.75 bits per heavy atom. The van der Waals surface area contributed by atoms with Gasteiger partial charge in [0.25, 0.3) is 0 Å². The lowest BCUT2D eigenvalue weighted by Gasteiger charge is -2.12. The van der Waals surface area contributed by atoms with Crippen LogP contribution in [0.2, 0.25) is 0 Å². The van der Waals surface area contributed by atoms with Crippen molar-refractivity contribution in [1.29, 1.82) is 0 Å². The summed E-state index contributed by atoms with van der Waals surface area (Å²) in [6.45, 7) is 3.96. The molecule has 1 atom stereocenters. The molecule has 0 amide bonds. The molecule has 0 radical (unpaired) electrons. The summed E-state index contributed by atoms with van der Waals surface area (Å²) in [5.41, 5.74) is 1.24. The molecule has 0 aliphatic heterocycles. The third kappa shape index (κ3) is 4.72. The van der Waals surface area contributed by atoms with Gasteiger partial charge in [-0.05, 0) is 38.5 Å². The molecule has 2 aromatic rings. The van der Waals surface area contributed by atoms with E-state index in [0.29, 0.717) is 13.2 Å². The van der Waals surface area contributed by atoms with Crippen LogP contribution >= 0.6 is 23.7 Å². The van der Waals surface area contributed by atoms with Crippen LogP contribution in [0.4, 0.5) is 0 Å². The fourth-order valence-corrected chi connectivity index (χ4v) is 2.89. The Kier molecular flexibility index (Phi) is 6.92. The zero-order valence-corrected chi connectivity index (χ0v) is 13.8. The molecule has 3 nitrogen and oxygen atoms in total. The Balaban J connectivity index is 0.00000200. The fraction of sp³-hybridized carbons (Fsp3) is 0.467.